The zero-order valence-corrected chi connectivity index (χ0v) is 17.2. The summed E-state index contributed by atoms with van der Waals surface area (Å²) in [4.78, 5) is 9.12. The number of aromatic nitrogens is 2. The van der Waals surface area contributed by atoms with Crippen LogP contribution in [0, 0.1) is 0 Å². The molecule has 2 aromatic carbocycles. The van der Waals surface area contributed by atoms with Crippen LogP contribution in [0.4, 0.5) is 5.82 Å². The number of hydrogen-bond donors (Lipinski definition) is 5. The quantitative estimate of drug-likeness (QED) is 0.262. The molecule has 1 unspecified atom stereocenters. The van der Waals surface area contributed by atoms with E-state index in [0.717, 1.165) is 11.8 Å². The summed E-state index contributed by atoms with van der Waals surface area (Å²) in [6.07, 6.45) is -3.13. The van der Waals surface area contributed by atoms with Crippen molar-refractivity contribution in [2.75, 3.05) is 12.0 Å². The molecule has 30 heavy (non-hydrogen) atoms. The third-order valence-electron chi connectivity index (χ3n) is 4.32. The van der Waals surface area contributed by atoms with Crippen molar-refractivity contribution >= 4 is 46.3 Å². The molecule has 5 N–H and O–H groups in total. The average molecular weight is 451 g/mol. The maximum atomic E-state index is 9.86. The smallest absolute Gasteiger partial charge is 0.169 e. The van der Waals surface area contributed by atoms with Gasteiger partial charge in [0.05, 0.1) is 39.6 Å². The Morgan fingerprint density at radius 2 is 1.63 bits per heavy atom. The number of rotatable bonds is 8. The number of nitrogens with one attached hydrogen (secondary N) is 1. The molecule has 3 rings (SSSR count). The zero-order chi connectivity index (χ0) is 21.7. The Balaban J connectivity index is 1.91. The molecular formula is C20H20Cl2N4O4. The van der Waals surface area contributed by atoms with E-state index >= 15 is 0 Å². The molecule has 0 aliphatic carbocycles. The van der Waals surface area contributed by atoms with Crippen LogP contribution in [-0.4, -0.2) is 61.5 Å². The molecule has 10 heteroatoms. The lowest BCUT2D eigenvalue weighted by molar-refractivity contribution is -0.0541. The Kier molecular flexibility index (Phi) is 7.54. The fraction of sp³-hybridized carbons (Fsp3) is 0.250. The van der Waals surface area contributed by atoms with Crippen LogP contribution in [0.2, 0.25) is 10.0 Å². The first-order valence-electron chi connectivity index (χ1n) is 9.03. The highest BCUT2D eigenvalue weighted by molar-refractivity contribution is 6.42. The fourth-order valence-corrected chi connectivity index (χ4v) is 3.00. The van der Waals surface area contributed by atoms with Gasteiger partial charge >= 0.3 is 0 Å². The molecule has 0 radical (unpaired) electrons. The first-order valence-corrected chi connectivity index (χ1v) is 9.78. The summed E-state index contributed by atoms with van der Waals surface area (Å²) in [7, 11) is 0. The summed E-state index contributed by atoms with van der Waals surface area (Å²) < 4.78 is 0. The van der Waals surface area contributed by atoms with Crippen molar-refractivity contribution < 1.29 is 20.4 Å². The standard InChI is InChI=1S/C20H20Cl2N4O4/c21-12-7-14-15(8-13(12)22)25-20(16(24-14)6-11-4-2-1-3-5-11)26-23-9-17(28)19(30)18(29)10-27/h1-5,7-9,17-19,27-30H,6,10H2,(H,25,26)/b23-9+/t17?,18-,19-/m1/s1. The molecule has 3 atom stereocenters. The van der Waals surface area contributed by atoms with Crippen molar-refractivity contribution in [1.29, 1.82) is 0 Å². The molecule has 0 amide bonds. The van der Waals surface area contributed by atoms with E-state index in [9.17, 15) is 15.3 Å². The first-order chi connectivity index (χ1) is 14.4. The highest BCUT2D eigenvalue weighted by Crippen LogP contribution is 2.28. The zero-order valence-electron chi connectivity index (χ0n) is 15.7. The Morgan fingerprint density at radius 3 is 2.27 bits per heavy atom. The van der Waals surface area contributed by atoms with E-state index in [4.69, 9.17) is 28.3 Å². The minimum Gasteiger partial charge on any atom is -0.394 e. The second kappa shape index (κ2) is 10.1. The van der Waals surface area contributed by atoms with Gasteiger partial charge in [-0.3, -0.25) is 5.43 Å². The predicted molar refractivity (Wildman–Crippen MR) is 116 cm³/mol. The van der Waals surface area contributed by atoms with Crippen LogP contribution in [-0.2, 0) is 6.42 Å². The molecule has 8 nitrogen and oxygen atoms in total. The van der Waals surface area contributed by atoms with Gasteiger partial charge in [0.1, 0.15) is 18.3 Å². The maximum absolute atomic E-state index is 9.86. The highest BCUT2D eigenvalue weighted by atomic mass is 35.5. The molecule has 1 aromatic heterocycles. The van der Waals surface area contributed by atoms with Gasteiger partial charge in [0.15, 0.2) is 5.82 Å². The minimum atomic E-state index is -1.59. The van der Waals surface area contributed by atoms with Crippen LogP contribution in [0.3, 0.4) is 0 Å². The molecule has 0 spiro atoms. The summed E-state index contributed by atoms with van der Waals surface area (Å²) >= 11 is 12.2. The van der Waals surface area contributed by atoms with Gasteiger partial charge in [-0.25, -0.2) is 9.97 Å². The maximum Gasteiger partial charge on any atom is 0.169 e. The van der Waals surface area contributed by atoms with Crippen molar-refractivity contribution in [3.8, 4) is 0 Å². The predicted octanol–water partition coefficient (Wildman–Crippen LogP) is 2.00. The summed E-state index contributed by atoms with van der Waals surface area (Å²) in [6, 6.07) is 12.8. The highest BCUT2D eigenvalue weighted by Gasteiger charge is 2.22. The minimum absolute atomic E-state index is 0.324. The number of aliphatic hydroxyl groups excluding tert-OH is 4. The number of benzene rings is 2. The SMILES string of the molecule is OC[C@@H](O)[C@H](O)C(O)/C=N/Nc1nc2cc(Cl)c(Cl)cc2nc1Cc1ccccc1. The van der Waals surface area contributed by atoms with Gasteiger partial charge in [0, 0.05) is 6.42 Å². The molecule has 158 valence electrons. The molecule has 0 bridgehead atoms. The van der Waals surface area contributed by atoms with Crippen molar-refractivity contribution in [3.63, 3.8) is 0 Å². The van der Waals surface area contributed by atoms with Gasteiger partial charge in [-0.05, 0) is 17.7 Å². The van der Waals surface area contributed by atoms with Crippen LogP contribution in [0.25, 0.3) is 11.0 Å². The Labute approximate surface area is 182 Å². The number of fused-ring (bicyclic) bond motifs is 1. The van der Waals surface area contributed by atoms with E-state index in [0.29, 0.717) is 39.0 Å². The van der Waals surface area contributed by atoms with Crippen molar-refractivity contribution in [1.82, 2.24) is 9.97 Å². The normalized spacial score (nSPS) is 14.7. The Hall–Kier alpha value is -2.33. The van der Waals surface area contributed by atoms with Gasteiger partial charge in [-0.1, -0.05) is 53.5 Å². The van der Waals surface area contributed by atoms with Gasteiger partial charge in [0.25, 0.3) is 0 Å². The monoisotopic (exact) mass is 450 g/mol. The lowest BCUT2D eigenvalue weighted by atomic mass is 10.1. The third kappa shape index (κ3) is 5.42. The number of anilines is 1. The van der Waals surface area contributed by atoms with Crippen molar-refractivity contribution in [2.24, 2.45) is 5.10 Å². The molecule has 0 saturated carbocycles. The van der Waals surface area contributed by atoms with E-state index in [2.05, 4.69) is 20.5 Å². The second-order valence-electron chi connectivity index (χ2n) is 6.56. The van der Waals surface area contributed by atoms with Crippen LogP contribution in [0.15, 0.2) is 47.6 Å². The largest absolute Gasteiger partial charge is 0.394 e. The van der Waals surface area contributed by atoms with Crippen LogP contribution < -0.4 is 5.43 Å². The molecule has 0 saturated heterocycles. The van der Waals surface area contributed by atoms with E-state index in [1.807, 2.05) is 30.3 Å². The molecule has 0 aliphatic rings. The Bertz CT molecular complexity index is 1040. The van der Waals surface area contributed by atoms with E-state index < -0.39 is 24.9 Å². The molecule has 1 heterocycles. The van der Waals surface area contributed by atoms with Gasteiger partial charge < -0.3 is 20.4 Å². The molecular weight excluding hydrogens is 431 g/mol. The third-order valence-corrected chi connectivity index (χ3v) is 5.04. The van der Waals surface area contributed by atoms with E-state index in [-0.39, 0.29) is 0 Å². The van der Waals surface area contributed by atoms with E-state index in [1.54, 1.807) is 12.1 Å². The molecule has 0 fully saturated rings. The molecule has 3 aromatic rings. The average Bonchev–Trinajstić information content (AvgIpc) is 2.74. The number of hydrogen-bond acceptors (Lipinski definition) is 8. The first kappa shape index (κ1) is 22.4. The van der Waals surface area contributed by atoms with Gasteiger partial charge in [0.2, 0.25) is 0 Å². The Morgan fingerprint density at radius 1 is 1.00 bits per heavy atom. The number of hydrazone groups is 1. The van der Waals surface area contributed by atoms with Crippen LogP contribution in [0.1, 0.15) is 11.3 Å². The number of aliphatic hydroxyl groups is 4. The van der Waals surface area contributed by atoms with Crippen LogP contribution in [0.5, 0.6) is 0 Å². The van der Waals surface area contributed by atoms with Crippen molar-refractivity contribution in [3.05, 3.63) is 63.8 Å². The lowest BCUT2D eigenvalue weighted by Gasteiger charge is -2.18. The summed E-state index contributed by atoms with van der Waals surface area (Å²) in [5.41, 5.74) is 5.34. The number of nitrogens with zero attached hydrogens (tertiary/aromatic N) is 3. The number of halogens is 2. The summed E-state index contributed by atoms with van der Waals surface area (Å²) in [5, 5.41) is 42.4. The second-order valence-corrected chi connectivity index (χ2v) is 7.37. The molecule has 0 aliphatic heterocycles. The topological polar surface area (TPSA) is 131 Å². The fourth-order valence-electron chi connectivity index (χ4n) is 2.69. The summed E-state index contributed by atoms with van der Waals surface area (Å²) in [5.74, 6) is 0.324. The van der Waals surface area contributed by atoms with Gasteiger partial charge in [-0.15, -0.1) is 0 Å². The lowest BCUT2D eigenvalue weighted by Crippen LogP contribution is -2.40. The summed E-state index contributed by atoms with van der Waals surface area (Å²) in [6.45, 7) is -0.694. The van der Waals surface area contributed by atoms with Crippen molar-refractivity contribution in [2.45, 2.75) is 24.7 Å². The van der Waals surface area contributed by atoms with E-state index in [1.165, 1.54) is 0 Å². The van der Waals surface area contributed by atoms with Gasteiger partial charge in [-0.2, -0.15) is 5.10 Å². The van der Waals surface area contributed by atoms with Crippen LogP contribution >= 0.6 is 23.2 Å².